The highest BCUT2D eigenvalue weighted by atomic mass is 35.5. The lowest BCUT2D eigenvalue weighted by molar-refractivity contribution is -0.117. The third-order valence-corrected chi connectivity index (χ3v) is 4.86. The van der Waals surface area contributed by atoms with Gasteiger partial charge in [-0.05, 0) is 23.8 Å². The summed E-state index contributed by atoms with van der Waals surface area (Å²) in [6.07, 6.45) is 3.12. The molecule has 6 nitrogen and oxygen atoms in total. The summed E-state index contributed by atoms with van der Waals surface area (Å²) < 4.78 is 5.32. The first-order chi connectivity index (χ1) is 13.0. The minimum atomic E-state index is -0.472. The average Bonchev–Trinajstić information content (AvgIpc) is 3.03. The van der Waals surface area contributed by atoms with Crippen LogP contribution in [0.2, 0.25) is 0 Å². The summed E-state index contributed by atoms with van der Waals surface area (Å²) in [6, 6.07) is 9.22. The van der Waals surface area contributed by atoms with Gasteiger partial charge in [0.15, 0.2) is 0 Å². The van der Waals surface area contributed by atoms with Crippen LogP contribution in [-0.2, 0) is 16.0 Å². The number of hydrogen-bond donors (Lipinski definition) is 1. The Morgan fingerprint density at radius 3 is 2.85 bits per heavy atom. The Morgan fingerprint density at radius 2 is 2.15 bits per heavy atom. The molecule has 0 spiro atoms. The van der Waals surface area contributed by atoms with Gasteiger partial charge in [-0.3, -0.25) is 9.69 Å². The largest absolute Gasteiger partial charge is 0.442 e. The van der Waals surface area contributed by atoms with Gasteiger partial charge < -0.3 is 10.1 Å². The Balaban J connectivity index is 1.58. The van der Waals surface area contributed by atoms with Gasteiger partial charge in [0.1, 0.15) is 6.10 Å². The van der Waals surface area contributed by atoms with Crippen molar-refractivity contribution >= 4 is 46.4 Å². The highest BCUT2D eigenvalue weighted by molar-refractivity contribution is 7.81. The number of benzene rings is 1. The molecule has 1 aliphatic heterocycles. The van der Waals surface area contributed by atoms with Crippen molar-refractivity contribution < 1.29 is 14.3 Å². The maximum absolute atomic E-state index is 12.3. The maximum Gasteiger partial charge on any atom is 0.414 e. The number of carbonyl (C=O) groups is 2. The fraction of sp³-hybridized carbons (Fsp3) is 0.263. The number of thiocarbonyl (C=S) groups is 1. The van der Waals surface area contributed by atoms with Crippen molar-refractivity contribution in [2.45, 2.75) is 18.9 Å². The van der Waals surface area contributed by atoms with Gasteiger partial charge in [-0.2, -0.15) is 5.26 Å². The van der Waals surface area contributed by atoms with E-state index in [9.17, 15) is 9.59 Å². The molecule has 1 unspecified atom stereocenters. The molecule has 2 amide bonds. The van der Waals surface area contributed by atoms with E-state index in [1.807, 2.05) is 0 Å². The third-order valence-electron chi connectivity index (χ3n) is 4.21. The van der Waals surface area contributed by atoms with E-state index < -0.39 is 12.2 Å². The van der Waals surface area contributed by atoms with Crippen molar-refractivity contribution in [2.24, 2.45) is 0 Å². The number of halogens is 1. The number of rotatable bonds is 5. The van der Waals surface area contributed by atoms with Crippen LogP contribution < -0.4 is 10.2 Å². The number of allylic oxidation sites excluding steroid dienone is 3. The Kier molecular flexibility index (Phi) is 5.89. The molecule has 138 valence electrons. The van der Waals surface area contributed by atoms with Gasteiger partial charge in [-0.1, -0.05) is 42.0 Å². The second-order valence-electron chi connectivity index (χ2n) is 6.10. The molecule has 0 bridgehead atoms. The van der Waals surface area contributed by atoms with E-state index in [0.717, 1.165) is 5.56 Å². The number of carbonyl (C=O) groups excluding carboxylic acids is 2. The highest BCUT2D eigenvalue weighted by Crippen LogP contribution is 2.22. The first-order valence-corrected chi connectivity index (χ1v) is 9.09. The summed E-state index contributed by atoms with van der Waals surface area (Å²) in [7, 11) is 0. The molecular weight excluding hydrogens is 386 g/mol. The minimum absolute atomic E-state index is 0.175. The summed E-state index contributed by atoms with van der Waals surface area (Å²) in [5.74, 6) is -0.332. The Morgan fingerprint density at radius 1 is 1.41 bits per heavy atom. The fourth-order valence-electron chi connectivity index (χ4n) is 2.80. The molecule has 1 aromatic rings. The lowest BCUT2D eigenvalue weighted by Crippen LogP contribution is -2.36. The monoisotopic (exact) mass is 401 g/mol. The number of ether oxygens (including phenoxy) is 1. The van der Waals surface area contributed by atoms with Crippen molar-refractivity contribution in [1.29, 1.82) is 5.26 Å². The Hall–Kier alpha value is -2.69. The molecule has 2 aliphatic rings. The van der Waals surface area contributed by atoms with Crippen molar-refractivity contribution in [2.75, 3.05) is 18.0 Å². The van der Waals surface area contributed by atoms with Crippen LogP contribution >= 0.6 is 23.8 Å². The predicted molar refractivity (Wildman–Crippen MR) is 106 cm³/mol. The minimum Gasteiger partial charge on any atom is -0.442 e. The van der Waals surface area contributed by atoms with Gasteiger partial charge in [0.25, 0.3) is 5.91 Å². The number of cyclic esters (lactones) is 1. The number of amides is 2. The van der Waals surface area contributed by atoms with E-state index >= 15 is 0 Å². The zero-order valence-corrected chi connectivity index (χ0v) is 15.8. The lowest BCUT2D eigenvalue weighted by Gasteiger charge is -2.15. The van der Waals surface area contributed by atoms with Crippen LogP contribution in [0.15, 0.2) is 47.0 Å². The topological polar surface area (TPSA) is 82.4 Å². The van der Waals surface area contributed by atoms with E-state index in [-0.39, 0.29) is 12.5 Å². The SMILES string of the molecule is N#CCc1ccc(N2CC(CNC(=O)C3=CC(Cl)=CCC3=S)OC2=O)cc1. The van der Waals surface area contributed by atoms with E-state index in [1.165, 1.54) is 4.90 Å². The molecule has 27 heavy (non-hydrogen) atoms. The smallest absolute Gasteiger partial charge is 0.414 e. The van der Waals surface area contributed by atoms with Crippen molar-refractivity contribution in [3.8, 4) is 6.07 Å². The van der Waals surface area contributed by atoms with Gasteiger partial charge >= 0.3 is 6.09 Å². The van der Waals surface area contributed by atoms with Gasteiger partial charge in [0, 0.05) is 22.0 Å². The molecule has 1 saturated heterocycles. The van der Waals surface area contributed by atoms with Crippen molar-refractivity contribution in [1.82, 2.24) is 5.32 Å². The second-order valence-corrected chi connectivity index (χ2v) is 7.03. The summed E-state index contributed by atoms with van der Waals surface area (Å²) in [4.78, 5) is 26.5. The Labute approximate surface area is 167 Å². The van der Waals surface area contributed by atoms with Gasteiger partial charge in [-0.25, -0.2) is 4.79 Å². The molecule has 1 N–H and O–H groups in total. The number of hydrogen-bond acceptors (Lipinski definition) is 5. The zero-order valence-electron chi connectivity index (χ0n) is 14.3. The van der Waals surface area contributed by atoms with Crippen LogP contribution in [0.5, 0.6) is 0 Å². The molecule has 0 saturated carbocycles. The van der Waals surface area contributed by atoms with E-state index in [0.29, 0.717) is 40.5 Å². The molecular formula is C19H16ClN3O3S. The number of nitrogens with zero attached hydrogens (tertiary/aromatic N) is 2. The van der Waals surface area contributed by atoms with E-state index in [2.05, 4.69) is 11.4 Å². The summed E-state index contributed by atoms with van der Waals surface area (Å²) in [5.41, 5.74) is 1.93. The van der Waals surface area contributed by atoms with Crippen LogP contribution in [0.1, 0.15) is 12.0 Å². The van der Waals surface area contributed by atoms with Crippen LogP contribution in [0.4, 0.5) is 10.5 Å². The van der Waals surface area contributed by atoms with Gasteiger partial charge in [0.05, 0.1) is 31.2 Å². The summed E-state index contributed by atoms with van der Waals surface area (Å²) >= 11 is 11.1. The third kappa shape index (κ3) is 4.54. The average molecular weight is 402 g/mol. The maximum atomic E-state index is 12.3. The zero-order chi connectivity index (χ0) is 19.4. The standard InChI is InChI=1S/C19H16ClN3O3S/c20-13-3-6-17(27)16(9-13)18(24)22-10-15-11-23(19(25)26-15)14-4-1-12(2-5-14)7-8-21/h1-5,9,15H,6-7,10-11H2,(H,22,24). The van der Waals surface area contributed by atoms with Gasteiger partial charge in [0.2, 0.25) is 0 Å². The normalized spacial score (nSPS) is 19.1. The van der Waals surface area contributed by atoms with Crippen LogP contribution in [0.25, 0.3) is 0 Å². The molecule has 1 aliphatic carbocycles. The first-order valence-electron chi connectivity index (χ1n) is 8.30. The molecule has 1 aromatic carbocycles. The summed E-state index contributed by atoms with van der Waals surface area (Å²) in [5, 5.41) is 11.9. The predicted octanol–water partition coefficient (Wildman–Crippen LogP) is 3.02. The molecule has 1 heterocycles. The van der Waals surface area contributed by atoms with Crippen LogP contribution in [0, 0.1) is 11.3 Å². The number of anilines is 1. The van der Waals surface area contributed by atoms with Crippen molar-refractivity contribution in [3.05, 3.63) is 52.6 Å². The molecule has 3 rings (SSSR count). The van der Waals surface area contributed by atoms with Gasteiger partial charge in [-0.15, -0.1) is 0 Å². The van der Waals surface area contributed by atoms with Crippen molar-refractivity contribution in [3.63, 3.8) is 0 Å². The quantitative estimate of drug-likeness (QED) is 0.767. The first kappa shape index (κ1) is 19.1. The summed E-state index contributed by atoms with van der Waals surface area (Å²) in [6.45, 7) is 0.496. The highest BCUT2D eigenvalue weighted by Gasteiger charge is 2.32. The molecule has 1 fully saturated rings. The molecule has 1 atom stereocenters. The van der Waals surface area contributed by atoms with E-state index in [4.69, 9.17) is 33.8 Å². The number of nitriles is 1. The lowest BCUT2D eigenvalue weighted by atomic mass is 10.0. The number of nitrogens with one attached hydrogen (secondary N) is 1. The van der Waals surface area contributed by atoms with E-state index in [1.54, 1.807) is 36.4 Å². The molecule has 0 radical (unpaired) electrons. The fourth-order valence-corrected chi connectivity index (χ4v) is 3.22. The van der Waals surface area contributed by atoms with Crippen LogP contribution in [-0.4, -0.2) is 36.1 Å². The Bertz CT molecular complexity index is 886. The molecule has 8 heteroatoms. The second kappa shape index (κ2) is 8.33. The molecule has 0 aromatic heterocycles. The van der Waals surface area contributed by atoms with Crippen LogP contribution in [0.3, 0.4) is 0 Å².